The zero-order chi connectivity index (χ0) is 19.9. The topological polar surface area (TPSA) is 85.0 Å². The number of rotatable bonds is 4. The summed E-state index contributed by atoms with van der Waals surface area (Å²) in [6.07, 6.45) is 9.14. The van der Waals surface area contributed by atoms with E-state index in [1.54, 1.807) is 30.2 Å². The van der Waals surface area contributed by atoms with Gasteiger partial charge < -0.3 is 15.0 Å². The molecule has 148 valence electrons. The highest BCUT2D eigenvalue weighted by Crippen LogP contribution is 2.34. The van der Waals surface area contributed by atoms with Gasteiger partial charge in [0.05, 0.1) is 16.8 Å². The monoisotopic (exact) mass is 381 g/mol. The average Bonchev–Trinajstić information content (AvgIpc) is 3.20. The second kappa shape index (κ2) is 7.05. The standard InChI is InChI=1S/C21H27N5O2/c1-21(2,28)14-4-6-15(7-5-14)23-16-12-19(27)25(3)17-8-9-18(24-20(16)17)26-11-10-22-13-26/h8-15,23,28H,4-7H2,1-3H3. The summed E-state index contributed by atoms with van der Waals surface area (Å²) >= 11 is 0. The number of nitrogens with one attached hydrogen (secondary N) is 1. The van der Waals surface area contributed by atoms with Crippen LogP contribution in [0.1, 0.15) is 39.5 Å². The lowest BCUT2D eigenvalue weighted by molar-refractivity contribution is -0.000388. The van der Waals surface area contributed by atoms with Crippen molar-refractivity contribution in [2.45, 2.75) is 51.2 Å². The van der Waals surface area contributed by atoms with Crippen LogP contribution < -0.4 is 10.9 Å². The zero-order valence-corrected chi connectivity index (χ0v) is 16.6. The highest BCUT2D eigenvalue weighted by Gasteiger charge is 2.31. The van der Waals surface area contributed by atoms with E-state index >= 15 is 0 Å². The molecule has 1 saturated carbocycles. The molecule has 0 bridgehead atoms. The van der Waals surface area contributed by atoms with Gasteiger partial charge in [0.1, 0.15) is 17.7 Å². The summed E-state index contributed by atoms with van der Waals surface area (Å²) in [6.45, 7) is 3.78. The lowest BCUT2D eigenvalue weighted by atomic mass is 9.77. The van der Waals surface area contributed by atoms with Crippen molar-refractivity contribution in [2.24, 2.45) is 13.0 Å². The molecule has 0 atom stereocenters. The first-order valence-corrected chi connectivity index (χ1v) is 9.81. The molecule has 0 aliphatic heterocycles. The maximum atomic E-state index is 12.4. The summed E-state index contributed by atoms with van der Waals surface area (Å²) in [4.78, 5) is 21.3. The fourth-order valence-electron chi connectivity index (χ4n) is 4.13. The van der Waals surface area contributed by atoms with Gasteiger partial charge in [0, 0.05) is 31.5 Å². The Balaban J connectivity index is 1.66. The number of aryl methyl sites for hydroxylation is 1. The highest BCUT2D eigenvalue weighted by molar-refractivity contribution is 5.88. The Labute approximate surface area is 164 Å². The smallest absolute Gasteiger partial charge is 0.252 e. The van der Waals surface area contributed by atoms with Crippen LogP contribution in [0.3, 0.4) is 0 Å². The number of nitrogens with zero attached hydrogens (tertiary/aromatic N) is 4. The van der Waals surface area contributed by atoms with Crippen LogP contribution >= 0.6 is 0 Å². The Morgan fingerprint density at radius 2 is 1.96 bits per heavy atom. The molecule has 0 unspecified atom stereocenters. The second-order valence-corrected chi connectivity index (χ2v) is 8.31. The van der Waals surface area contributed by atoms with E-state index in [0.717, 1.165) is 48.2 Å². The average molecular weight is 381 g/mol. The lowest BCUT2D eigenvalue weighted by Gasteiger charge is -2.36. The summed E-state index contributed by atoms with van der Waals surface area (Å²) in [7, 11) is 1.77. The maximum Gasteiger partial charge on any atom is 0.252 e. The molecule has 0 radical (unpaired) electrons. The van der Waals surface area contributed by atoms with Gasteiger partial charge in [-0.3, -0.25) is 9.36 Å². The third kappa shape index (κ3) is 3.54. The minimum absolute atomic E-state index is 0.0580. The van der Waals surface area contributed by atoms with Crippen molar-refractivity contribution < 1.29 is 5.11 Å². The molecule has 0 saturated heterocycles. The summed E-state index contributed by atoms with van der Waals surface area (Å²) in [5.74, 6) is 1.08. The van der Waals surface area contributed by atoms with Crippen LogP contribution in [0.2, 0.25) is 0 Å². The number of hydrogen-bond donors (Lipinski definition) is 2. The minimum atomic E-state index is -0.637. The van der Waals surface area contributed by atoms with Crippen molar-refractivity contribution in [3.05, 3.63) is 47.3 Å². The molecule has 3 aromatic heterocycles. The normalized spacial score (nSPS) is 20.4. The van der Waals surface area contributed by atoms with E-state index in [0.29, 0.717) is 5.92 Å². The van der Waals surface area contributed by atoms with Crippen molar-refractivity contribution in [1.29, 1.82) is 0 Å². The molecule has 28 heavy (non-hydrogen) atoms. The van der Waals surface area contributed by atoms with Crippen LogP contribution in [0.4, 0.5) is 5.69 Å². The molecule has 3 aromatic rings. The molecule has 7 nitrogen and oxygen atoms in total. The number of imidazole rings is 1. The first kappa shape index (κ1) is 18.7. The number of anilines is 1. The molecule has 0 aromatic carbocycles. The van der Waals surface area contributed by atoms with Crippen molar-refractivity contribution in [2.75, 3.05) is 5.32 Å². The van der Waals surface area contributed by atoms with Gasteiger partial charge in [-0.1, -0.05) is 0 Å². The fraction of sp³-hybridized carbons (Fsp3) is 0.476. The third-order valence-electron chi connectivity index (χ3n) is 5.93. The molecule has 1 aliphatic rings. The number of aromatic nitrogens is 4. The van der Waals surface area contributed by atoms with Crippen LogP contribution in [-0.4, -0.2) is 35.9 Å². The molecule has 2 N–H and O–H groups in total. The summed E-state index contributed by atoms with van der Waals surface area (Å²) in [6, 6.07) is 5.72. The van der Waals surface area contributed by atoms with Crippen molar-refractivity contribution >= 4 is 16.7 Å². The molecular formula is C21H27N5O2. The number of aliphatic hydroxyl groups is 1. The summed E-state index contributed by atoms with van der Waals surface area (Å²) < 4.78 is 3.47. The Morgan fingerprint density at radius 3 is 2.61 bits per heavy atom. The van der Waals surface area contributed by atoms with Crippen molar-refractivity contribution in [1.82, 2.24) is 19.1 Å². The Morgan fingerprint density at radius 1 is 1.21 bits per heavy atom. The fourth-order valence-corrected chi connectivity index (χ4v) is 4.13. The molecule has 1 aliphatic carbocycles. The predicted molar refractivity (Wildman–Crippen MR) is 110 cm³/mol. The zero-order valence-electron chi connectivity index (χ0n) is 16.6. The molecule has 1 fully saturated rings. The van der Waals surface area contributed by atoms with Crippen LogP contribution in [0.25, 0.3) is 16.9 Å². The van der Waals surface area contributed by atoms with Gasteiger partial charge in [0.2, 0.25) is 0 Å². The summed E-state index contributed by atoms with van der Waals surface area (Å²) in [5.41, 5.74) is 1.65. The van der Waals surface area contributed by atoms with Crippen molar-refractivity contribution in [3.63, 3.8) is 0 Å². The van der Waals surface area contributed by atoms with E-state index in [4.69, 9.17) is 4.98 Å². The number of hydrogen-bond acceptors (Lipinski definition) is 5. The largest absolute Gasteiger partial charge is 0.390 e. The summed E-state index contributed by atoms with van der Waals surface area (Å²) in [5, 5.41) is 13.8. The SMILES string of the molecule is Cn1c(=O)cc(NC2CCC(C(C)(C)O)CC2)c2nc(-n3ccnc3)ccc21. The third-order valence-corrected chi connectivity index (χ3v) is 5.93. The van der Waals surface area contributed by atoms with Gasteiger partial charge in [0.15, 0.2) is 0 Å². The van der Waals surface area contributed by atoms with E-state index in [-0.39, 0.29) is 11.6 Å². The van der Waals surface area contributed by atoms with Gasteiger partial charge in [-0.2, -0.15) is 0 Å². The van der Waals surface area contributed by atoms with E-state index in [1.807, 2.05) is 36.7 Å². The van der Waals surface area contributed by atoms with Gasteiger partial charge in [0.25, 0.3) is 5.56 Å². The molecule has 0 amide bonds. The van der Waals surface area contributed by atoms with E-state index in [1.165, 1.54) is 0 Å². The van der Waals surface area contributed by atoms with Crippen LogP contribution in [-0.2, 0) is 7.05 Å². The molecular weight excluding hydrogens is 354 g/mol. The van der Waals surface area contributed by atoms with E-state index < -0.39 is 5.60 Å². The van der Waals surface area contributed by atoms with Gasteiger partial charge in [-0.25, -0.2) is 9.97 Å². The Kier molecular flexibility index (Phi) is 4.71. The first-order valence-electron chi connectivity index (χ1n) is 9.81. The first-order chi connectivity index (χ1) is 13.3. The van der Waals surface area contributed by atoms with Crippen LogP contribution in [0.5, 0.6) is 0 Å². The minimum Gasteiger partial charge on any atom is -0.390 e. The molecule has 3 heterocycles. The van der Waals surface area contributed by atoms with Gasteiger partial charge in [-0.05, 0) is 57.6 Å². The van der Waals surface area contributed by atoms with Gasteiger partial charge in [-0.15, -0.1) is 0 Å². The quantitative estimate of drug-likeness (QED) is 0.726. The van der Waals surface area contributed by atoms with Gasteiger partial charge >= 0.3 is 0 Å². The second-order valence-electron chi connectivity index (χ2n) is 8.31. The van der Waals surface area contributed by atoms with E-state index in [9.17, 15) is 9.90 Å². The lowest BCUT2D eigenvalue weighted by Crippen LogP contribution is -2.37. The number of fused-ring (bicyclic) bond motifs is 1. The maximum absolute atomic E-state index is 12.4. The molecule has 7 heteroatoms. The Hall–Kier alpha value is -2.67. The van der Waals surface area contributed by atoms with Crippen molar-refractivity contribution in [3.8, 4) is 5.82 Å². The highest BCUT2D eigenvalue weighted by atomic mass is 16.3. The van der Waals surface area contributed by atoms with E-state index in [2.05, 4.69) is 10.3 Å². The predicted octanol–water partition coefficient (Wildman–Crippen LogP) is 2.86. The van der Waals surface area contributed by atoms with Crippen LogP contribution in [0.15, 0.2) is 41.7 Å². The van der Waals surface area contributed by atoms with Crippen LogP contribution in [0, 0.1) is 5.92 Å². The molecule has 0 spiro atoms. The molecule has 4 rings (SSSR count). The Bertz CT molecular complexity index is 1030. The number of pyridine rings is 2.